The molecule has 1 aliphatic carbocycles. The number of rotatable bonds is 6. The Balaban J connectivity index is 1.14. The van der Waals surface area contributed by atoms with Crippen LogP contribution in [0.5, 0.6) is 0 Å². The van der Waals surface area contributed by atoms with Crippen molar-refractivity contribution in [3.63, 3.8) is 0 Å². The van der Waals surface area contributed by atoms with Crippen LogP contribution < -0.4 is 10.9 Å². The van der Waals surface area contributed by atoms with Crippen LogP contribution in [0, 0.1) is 11.3 Å². The third-order valence-electron chi connectivity index (χ3n) is 7.98. The van der Waals surface area contributed by atoms with Gasteiger partial charge in [0.05, 0.1) is 5.39 Å². The zero-order valence-corrected chi connectivity index (χ0v) is 22.5. The number of benzene rings is 1. The summed E-state index contributed by atoms with van der Waals surface area (Å²) in [5.41, 5.74) is 2.75. The number of piperidine rings is 1. The van der Waals surface area contributed by atoms with Gasteiger partial charge in [0.1, 0.15) is 10.7 Å². The molecule has 1 unspecified atom stereocenters. The molecule has 0 radical (unpaired) electrons. The van der Waals surface area contributed by atoms with Crippen molar-refractivity contribution in [3.8, 4) is 0 Å². The Morgan fingerprint density at radius 3 is 2.64 bits per heavy atom. The fraction of sp³-hybridized carbons (Fsp3) is 0.552. The number of hydrogen-bond donors (Lipinski definition) is 2. The highest BCUT2D eigenvalue weighted by molar-refractivity contribution is 7.18. The van der Waals surface area contributed by atoms with Gasteiger partial charge in [-0.2, -0.15) is 0 Å². The number of nitrogens with zero attached hydrogens (tertiary/aromatic N) is 2. The first-order valence-electron chi connectivity index (χ1n) is 13.4. The molecule has 6 nitrogen and oxygen atoms in total. The average Bonchev–Trinajstić information content (AvgIpc) is 3.22. The molecule has 2 aromatic heterocycles. The minimum Gasteiger partial charge on any atom is -0.353 e. The number of H-pyrrole nitrogens is 1. The van der Waals surface area contributed by atoms with Crippen molar-refractivity contribution in [2.75, 3.05) is 13.1 Å². The highest BCUT2D eigenvalue weighted by Crippen LogP contribution is 2.42. The van der Waals surface area contributed by atoms with E-state index in [1.165, 1.54) is 16.0 Å². The third-order valence-corrected chi connectivity index (χ3v) is 9.13. The predicted molar refractivity (Wildman–Crippen MR) is 146 cm³/mol. The van der Waals surface area contributed by atoms with E-state index in [2.05, 4.69) is 60.2 Å². The lowest BCUT2D eigenvalue weighted by atomic mass is 9.72. The van der Waals surface area contributed by atoms with E-state index in [0.29, 0.717) is 24.6 Å². The molecule has 1 amide bonds. The van der Waals surface area contributed by atoms with E-state index in [1.54, 1.807) is 11.3 Å². The van der Waals surface area contributed by atoms with E-state index < -0.39 is 0 Å². The van der Waals surface area contributed by atoms with E-state index in [1.807, 2.05) is 6.07 Å². The summed E-state index contributed by atoms with van der Waals surface area (Å²) in [5.74, 6) is 1.29. The van der Waals surface area contributed by atoms with E-state index >= 15 is 0 Å². The molecule has 36 heavy (non-hydrogen) atoms. The summed E-state index contributed by atoms with van der Waals surface area (Å²) in [6.45, 7) is 9.86. The lowest BCUT2D eigenvalue weighted by Gasteiger charge is -2.33. The summed E-state index contributed by atoms with van der Waals surface area (Å²) < 4.78 is 0. The van der Waals surface area contributed by atoms with Gasteiger partial charge in [-0.3, -0.25) is 14.5 Å². The highest BCUT2D eigenvalue weighted by Gasteiger charge is 2.31. The number of carbonyl (C=O) groups is 1. The van der Waals surface area contributed by atoms with Crippen molar-refractivity contribution in [2.24, 2.45) is 11.3 Å². The van der Waals surface area contributed by atoms with Crippen LogP contribution in [0.25, 0.3) is 10.2 Å². The van der Waals surface area contributed by atoms with Gasteiger partial charge in [0.2, 0.25) is 5.91 Å². The van der Waals surface area contributed by atoms with E-state index in [-0.39, 0.29) is 22.9 Å². The molecule has 0 bridgehead atoms. The minimum absolute atomic E-state index is 0.0396. The van der Waals surface area contributed by atoms with Crippen LogP contribution >= 0.6 is 11.3 Å². The maximum absolute atomic E-state index is 12.9. The van der Waals surface area contributed by atoms with Gasteiger partial charge in [-0.05, 0) is 54.6 Å². The second-order valence-corrected chi connectivity index (χ2v) is 12.7. The maximum Gasteiger partial charge on any atom is 0.259 e. The summed E-state index contributed by atoms with van der Waals surface area (Å²) >= 11 is 1.67. The van der Waals surface area contributed by atoms with Gasteiger partial charge in [0, 0.05) is 43.4 Å². The van der Waals surface area contributed by atoms with Crippen LogP contribution in [0.15, 0.2) is 35.1 Å². The number of likely N-dealkylation sites (tertiary alicyclic amines) is 1. The Hall–Kier alpha value is -2.51. The molecule has 3 aromatic rings. The number of aromatic amines is 1. The first-order valence-corrected chi connectivity index (χ1v) is 14.2. The normalized spacial score (nSPS) is 19.4. The maximum atomic E-state index is 12.9. The molecule has 2 N–H and O–H groups in total. The van der Waals surface area contributed by atoms with Crippen molar-refractivity contribution in [3.05, 3.63) is 62.5 Å². The Bertz CT molecular complexity index is 1270. The molecule has 2 aliphatic rings. The predicted octanol–water partition coefficient (Wildman–Crippen LogP) is 4.85. The average molecular weight is 507 g/mol. The molecule has 0 spiro atoms. The van der Waals surface area contributed by atoms with Crippen LogP contribution in [0.2, 0.25) is 0 Å². The molecular formula is C29H38N4O2S. The van der Waals surface area contributed by atoms with Crippen LogP contribution in [0.4, 0.5) is 0 Å². The molecule has 192 valence electrons. The summed E-state index contributed by atoms with van der Waals surface area (Å²) in [6, 6.07) is 10.8. The lowest BCUT2D eigenvalue weighted by molar-refractivity contribution is -0.122. The monoisotopic (exact) mass is 506 g/mol. The molecule has 1 aromatic carbocycles. The van der Waals surface area contributed by atoms with Gasteiger partial charge >= 0.3 is 0 Å². The topological polar surface area (TPSA) is 78.1 Å². The number of fused-ring (bicyclic) bond motifs is 3. The smallest absolute Gasteiger partial charge is 0.259 e. The summed E-state index contributed by atoms with van der Waals surface area (Å²) in [5, 5.41) is 3.98. The van der Waals surface area contributed by atoms with Crippen LogP contribution in [-0.2, 0) is 30.6 Å². The van der Waals surface area contributed by atoms with Crippen molar-refractivity contribution >= 4 is 27.5 Å². The van der Waals surface area contributed by atoms with Crippen molar-refractivity contribution < 1.29 is 4.79 Å². The third kappa shape index (κ3) is 5.73. The van der Waals surface area contributed by atoms with E-state index in [9.17, 15) is 9.59 Å². The molecule has 5 rings (SSSR count). The van der Waals surface area contributed by atoms with Gasteiger partial charge in [-0.25, -0.2) is 4.98 Å². The minimum atomic E-state index is -0.0482. The number of aromatic nitrogens is 2. The Labute approximate surface area is 217 Å². The van der Waals surface area contributed by atoms with E-state index in [0.717, 1.165) is 62.0 Å². The zero-order chi connectivity index (χ0) is 25.3. The molecule has 1 fully saturated rings. The number of thiophene rings is 1. The lowest BCUT2D eigenvalue weighted by Crippen LogP contribution is -2.44. The second-order valence-electron chi connectivity index (χ2n) is 11.6. The molecular weight excluding hydrogens is 468 g/mol. The van der Waals surface area contributed by atoms with Gasteiger partial charge in [-0.1, -0.05) is 51.1 Å². The highest BCUT2D eigenvalue weighted by atomic mass is 32.1. The Kier molecular flexibility index (Phi) is 7.31. The zero-order valence-electron chi connectivity index (χ0n) is 21.7. The molecule has 7 heteroatoms. The molecule has 0 saturated carbocycles. The Morgan fingerprint density at radius 1 is 1.17 bits per heavy atom. The summed E-state index contributed by atoms with van der Waals surface area (Å²) in [4.78, 5) is 37.9. The van der Waals surface area contributed by atoms with Gasteiger partial charge < -0.3 is 10.3 Å². The van der Waals surface area contributed by atoms with Crippen molar-refractivity contribution in [1.82, 2.24) is 20.2 Å². The molecule has 1 saturated heterocycles. The first kappa shape index (κ1) is 25.2. The molecule has 1 atom stereocenters. The molecule has 3 heterocycles. The standard InChI is InChI=1S/C29H38N4O2S/c1-29(2,3)20-9-10-22-23(17-20)36-28-26(22)27(35)31-24(32-28)11-12-25(34)30-21-13-15-33(16-14-21)18-19-7-5-4-6-8-19/h4-8,20-21H,9-18H2,1-3H3,(H,30,34)(H,31,32,35). The van der Waals surface area contributed by atoms with Gasteiger partial charge in [0.25, 0.3) is 5.56 Å². The quantitative estimate of drug-likeness (QED) is 0.501. The van der Waals surface area contributed by atoms with Crippen molar-refractivity contribution in [2.45, 2.75) is 78.3 Å². The Morgan fingerprint density at radius 2 is 1.92 bits per heavy atom. The van der Waals surface area contributed by atoms with Crippen molar-refractivity contribution in [1.29, 1.82) is 0 Å². The number of amides is 1. The SMILES string of the molecule is CC(C)(C)C1CCc2c(sc3nc(CCC(=O)NC4CCN(Cc5ccccc5)CC4)[nH]c(=O)c23)C1. The fourth-order valence-corrected chi connectivity index (χ4v) is 7.01. The summed E-state index contributed by atoms with van der Waals surface area (Å²) in [7, 11) is 0. The summed E-state index contributed by atoms with van der Waals surface area (Å²) in [6.07, 6.45) is 5.84. The van der Waals surface area contributed by atoms with Crippen LogP contribution in [0.1, 0.15) is 68.3 Å². The van der Waals surface area contributed by atoms with E-state index in [4.69, 9.17) is 4.98 Å². The van der Waals surface area contributed by atoms with Gasteiger partial charge in [0.15, 0.2) is 0 Å². The molecule has 1 aliphatic heterocycles. The second kappa shape index (κ2) is 10.5. The number of aryl methyl sites for hydroxylation is 2. The number of hydrogen-bond acceptors (Lipinski definition) is 5. The van der Waals surface area contributed by atoms with Gasteiger partial charge in [-0.15, -0.1) is 11.3 Å². The number of nitrogens with one attached hydrogen (secondary N) is 2. The fourth-order valence-electron chi connectivity index (χ4n) is 5.69. The largest absolute Gasteiger partial charge is 0.353 e. The first-order chi connectivity index (χ1) is 17.3. The van der Waals surface area contributed by atoms with Crippen LogP contribution in [-0.4, -0.2) is 39.9 Å². The number of carbonyl (C=O) groups excluding carboxylic acids is 1. The van der Waals surface area contributed by atoms with Crippen LogP contribution in [0.3, 0.4) is 0 Å².